The van der Waals surface area contributed by atoms with Crippen LogP contribution in [0.1, 0.15) is 56.4 Å². The SMILES string of the molecule is CC[C@@H](C(=O)NC(C)(C)C)N(Cc1ccc(Cl)c(Cl)c1)C(=O)Cc1cc(C)ccc1C. The van der Waals surface area contributed by atoms with E-state index in [1.54, 1.807) is 17.0 Å². The van der Waals surface area contributed by atoms with Gasteiger partial charge in [0.25, 0.3) is 0 Å². The van der Waals surface area contributed by atoms with Crippen molar-refractivity contribution in [2.75, 3.05) is 0 Å². The third-order valence-electron chi connectivity index (χ3n) is 5.07. The molecule has 6 heteroatoms. The number of halogens is 2. The van der Waals surface area contributed by atoms with Gasteiger partial charge >= 0.3 is 0 Å². The summed E-state index contributed by atoms with van der Waals surface area (Å²) in [6.07, 6.45) is 0.732. The fourth-order valence-electron chi connectivity index (χ4n) is 3.46. The number of amides is 2. The van der Waals surface area contributed by atoms with Crippen LogP contribution < -0.4 is 5.32 Å². The van der Waals surface area contributed by atoms with Crippen LogP contribution in [0.15, 0.2) is 36.4 Å². The van der Waals surface area contributed by atoms with Crippen LogP contribution in [0.5, 0.6) is 0 Å². The molecule has 0 fully saturated rings. The monoisotopic (exact) mass is 462 g/mol. The number of nitrogens with one attached hydrogen (secondary N) is 1. The number of hydrogen-bond acceptors (Lipinski definition) is 2. The van der Waals surface area contributed by atoms with Crippen molar-refractivity contribution in [2.45, 2.75) is 72.5 Å². The van der Waals surface area contributed by atoms with Crippen LogP contribution in [0.4, 0.5) is 0 Å². The fraction of sp³-hybridized carbons (Fsp3) is 0.440. The zero-order valence-corrected chi connectivity index (χ0v) is 20.7. The maximum Gasteiger partial charge on any atom is 0.243 e. The molecule has 2 aromatic rings. The molecule has 0 aliphatic carbocycles. The molecular weight excluding hydrogens is 431 g/mol. The van der Waals surface area contributed by atoms with Gasteiger partial charge in [-0.1, -0.05) is 60.0 Å². The van der Waals surface area contributed by atoms with Gasteiger partial charge in [0.1, 0.15) is 6.04 Å². The van der Waals surface area contributed by atoms with Crippen LogP contribution in [0, 0.1) is 13.8 Å². The highest BCUT2D eigenvalue weighted by Crippen LogP contribution is 2.25. The molecule has 0 bridgehead atoms. The van der Waals surface area contributed by atoms with Crippen LogP contribution in [-0.4, -0.2) is 28.3 Å². The molecule has 0 aromatic heterocycles. The van der Waals surface area contributed by atoms with E-state index in [0.717, 1.165) is 22.3 Å². The number of benzene rings is 2. The Morgan fingerprint density at radius 2 is 1.71 bits per heavy atom. The molecule has 0 saturated heterocycles. The van der Waals surface area contributed by atoms with Gasteiger partial charge in [-0.3, -0.25) is 9.59 Å². The molecule has 1 N–H and O–H groups in total. The molecule has 0 heterocycles. The lowest BCUT2D eigenvalue weighted by Gasteiger charge is -2.33. The minimum atomic E-state index is -0.591. The Hall–Kier alpha value is -2.04. The van der Waals surface area contributed by atoms with E-state index >= 15 is 0 Å². The van der Waals surface area contributed by atoms with Crippen molar-refractivity contribution in [3.05, 3.63) is 68.7 Å². The largest absolute Gasteiger partial charge is 0.350 e. The summed E-state index contributed by atoms with van der Waals surface area (Å²) in [4.78, 5) is 28.2. The Labute approximate surface area is 195 Å². The highest BCUT2D eigenvalue weighted by atomic mass is 35.5. The van der Waals surface area contributed by atoms with Gasteiger partial charge in [0.05, 0.1) is 16.5 Å². The standard InChI is InChI=1S/C25H32Cl2N2O2/c1-7-22(24(31)28-25(4,5)6)29(15-18-10-11-20(26)21(27)13-18)23(30)14-19-12-16(2)8-9-17(19)3/h8-13,22H,7,14-15H2,1-6H3,(H,28,31)/t22-/m0/s1. The van der Waals surface area contributed by atoms with Crippen molar-refractivity contribution < 1.29 is 9.59 Å². The highest BCUT2D eigenvalue weighted by molar-refractivity contribution is 6.42. The van der Waals surface area contributed by atoms with Crippen molar-refractivity contribution in [3.8, 4) is 0 Å². The first kappa shape index (κ1) is 25.2. The van der Waals surface area contributed by atoms with Crippen molar-refractivity contribution in [1.82, 2.24) is 10.2 Å². The van der Waals surface area contributed by atoms with Crippen molar-refractivity contribution >= 4 is 35.0 Å². The predicted molar refractivity (Wildman–Crippen MR) is 129 cm³/mol. The molecule has 0 radical (unpaired) electrons. The topological polar surface area (TPSA) is 49.4 Å². The summed E-state index contributed by atoms with van der Waals surface area (Å²) in [5, 5.41) is 3.90. The average molecular weight is 463 g/mol. The molecule has 2 aromatic carbocycles. The van der Waals surface area contributed by atoms with E-state index in [4.69, 9.17) is 23.2 Å². The maximum absolute atomic E-state index is 13.5. The molecule has 1 atom stereocenters. The molecule has 0 unspecified atom stereocenters. The van der Waals surface area contributed by atoms with Crippen molar-refractivity contribution in [3.63, 3.8) is 0 Å². The van der Waals surface area contributed by atoms with E-state index in [2.05, 4.69) is 5.32 Å². The lowest BCUT2D eigenvalue weighted by Crippen LogP contribution is -2.53. The second-order valence-electron chi connectivity index (χ2n) is 9.04. The lowest BCUT2D eigenvalue weighted by molar-refractivity contribution is -0.141. The Bertz CT molecular complexity index is 951. The summed E-state index contributed by atoms with van der Waals surface area (Å²) in [5.74, 6) is -0.264. The molecule has 4 nitrogen and oxygen atoms in total. The van der Waals surface area contributed by atoms with Gasteiger partial charge in [-0.15, -0.1) is 0 Å². The van der Waals surface area contributed by atoms with E-state index in [-0.39, 0.29) is 24.8 Å². The van der Waals surface area contributed by atoms with Crippen molar-refractivity contribution in [2.24, 2.45) is 0 Å². The number of carbonyl (C=O) groups is 2. The Kier molecular flexibility index (Phi) is 8.56. The van der Waals surface area contributed by atoms with Gasteiger partial charge < -0.3 is 10.2 Å². The van der Waals surface area contributed by atoms with E-state index in [1.807, 2.05) is 65.8 Å². The number of rotatable bonds is 7. The van der Waals surface area contributed by atoms with Gasteiger partial charge in [0.15, 0.2) is 0 Å². The Morgan fingerprint density at radius 3 is 2.29 bits per heavy atom. The van der Waals surface area contributed by atoms with Crippen LogP contribution in [0.2, 0.25) is 10.0 Å². The molecule has 0 aliphatic heterocycles. The summed E-state index contributed by atoms with van der Waals surface area (Å²) in [5.41, 5.74) is 3.55. The number of nitrogens with zero attached hydrogens (tertiary/aromatic N) is 1. The molecule has 2 rings (SSSR count). The first-order valence-electron chi connectivity index (χ1n) is 10.5. The molecule has 0 saturated carbocycles. The summed E-state index contributed by atoms with van der Waals surface area (Å²) in [6, 6.07) is 10.8. The van der Waals surface area contributed by atoms with E-state index < -0.39 is 11.6 Å². The highest BCUT2D eigenvalue weighted by Gasteiger charge is 2.31. The number of carbonyl (C=O) groups excluding carboxylic acids is 2. The molecule has 168 valence electrons. The van der Waals surface area contributed by atoms with E-state index in [9.17, 15) is 9.59 Å². The van der Waals surface area contributed by atoms with Gasteiger partial charge in [0, 0.05) is 12.1 Å². The predicted octanol–water partition coefficient (Wildman–Crippen LogP) is 5.87. The third kappa shape index (κ3) is 7.26. The van der Waals surface area contributed by atoms with Crippen molar-refractivity contribution in [1.29, 1.82) is 0 Å². The summed E-state index contributed by atoms with van der Waals surface area (Å²) < 4.78 is 0. The average Bonchev–Trinajstić information content (AvgIpc) is 2.66. The third-order valence-corrected chi connectivity index (χ3v) is 5.81. The summed E-state index contributed by atoms with van der Waals surface area (Å²) >= 11 is 12.2. The van der Waals surface area contributed by atoms with Gasteiger partial charge in [-0.2, -0.15) is 0 Å². The maximum atomic E-state index is 13.5. The molecule has 0 aliphatic rings. The summed E-state index contributed by atoms with van der Waals surface area (Å²) in [7, 11) is 0. The second-order valence-corrected chi connectivity index (χ2v) is 9.85. The van der Waals surface area contributed by atoms with Crippen LogP contribution >= 0.6 is 23.2 Å². The molecule has 0 spiro atoms. The lowest BCUT2D eigenvalue weighted by atomic mass is 10.0. The zero-order chi connectivity index (χ0) is 23.3. The first-order chi connectivity index (χ1) is 14.4. The van der Waals surface area contributed by atoms with Gasteiger partial charge in [0.2, 0.25) is 11.8 Å². The van der Waals surface area contributed by atoms with Crippen LogP contribution in [-0.2, 0) is 22.6 Å². The van der Waals surface area contributed by atoms with Gasteiger partial charge in [-0.05, 0) is 69.9 Å². The molecule has 31 heavy (non-hydrogen) atoms. The number of aryl methyl sites for hydroxylation is 2. The normalized spacial score (nSPS) is 12.4. The van der Waals surface area contributed by atoms with E-state index in [1.165, 1.54) is 0 Å². The Morgan fingerprint density at radius 1 is 1.03 bits per heavy atom. The quantitative estimate of drug-likeness (QED) is 0.558. The second kappa shape index (κ2) is 10.5. The summed E-state index contributed by atoms with van der Waals surface area (Å²) in [6.45, 7) is 12.0. The first-order valence-corrected chi connectivity index (χ1v) is 11.3. The van der Waals surface area contributed by atoms with Crippen LogP contribution in [0.3, 0.4) is 0 Å². The molecule has 2 amide bonds. The van der Waals surface area contributed by atoms with Gasteiger partial charge in [-0.25, -0.2) is 0 Å². The van der Waals surface area contributed by atoms with Crippen LogP contribution in [0.25, 0.3) is 0 Å². The molecular formula is C25H32Cl2N2O2. The Balaban J connectivity index is 2.39. The minimum Gasteiger partial charge on any atom is -0.350 e. The fourth-order valence-corrected chi connectivity index (χ4v) is 3.78. The zero-order valence-electron chi connectivity index (χ0n) is 19.2. The minimum absolute atomic E-state index is 0.101. The number of hydrogen-bond donors (Lipinski definition) is 1. The smallest absolute Gasteiger partial charge is 0.243 e. The van der Waals surface area contributed by atoms with E-state index in [0.29, 0.717) is 16.5 Å².